The Morgan fingerprint density at radius 1 is 1.14 bits per heavy atom. The molecule has 1 aromatic carbocycles. The second-order valence-corrected chi connectivity index (χ2v) is 5.92. The van der Waals surface area contributed by atoms with Gasteiger partial charge in [0.15, 0.2) is 0 Å². The van der Waals surface area contributed by atoms with E-state index < -0.39 is 5.54 Å². The summed E-state index contributed by atoms with van der Waals surface area (Å²) < 4.78 is 0. The zero-order valence-electron chi connectivity index (χ0n) is 13.1. The van der Waals surface area contributed by atoms with Crippen LogP contribution in [0.3, 0.4) is 0 Å². The van der Waals surface area contributed by atoms with E-state index >= 15 is 0 Å². The topological polar surface area (TPSA) is 39.1 Å². The third-order valence-electron chi connectivity index (χ3n) is 4.44. The average Bonchev–Trinajstić information content (AvgIpc) is 2.81. The molecule has 0 aliphatic carbocycles. The summed E-state index contributed by atoms with van der Waals surface area (Å²) in [6.45, 7) is 6.24. The highest BCUT2D eigenvalue weighted by Crippen LogP contribution is 2.25. The van der Waals surface area contributed by atoms with Crippen molar-refractivity contribution in [2.75, 3.05) is 26.2 Å². The van der Waals surface area contributed by atoms with E-state index in [1.807, 2.05) is 18.2 Å². The van der Waals surface area contributed by atoms with Gasteiger partial charge in [0.05, 0.1) is 6.07 Å². The SMILES string of the molecule is CCNC(C#N)(CCN1CCCCCC1)c1ccccc1. The van der Waals surface area contributed by atoms with Crippen LogP contribution in [-0.4, -0.2) is 31.1 Å². The summed E-state index contributed by atoms with van der Waals surface area (Å²) in [5.74, 6) is 0. The van der Waals surface area contributed by atoms with Crippen LogP contribution in [0.15, 0.2) is 30.3 Å². The Hall–Kier alpha value is -1.37. The number of nitrogens with one attached hydrogen (secondary N) is 1. The second kappa shape index (κ2) is 8.17. The summed E-state index contributed by atoms with van der Waals surface area (Å²) in [4.78, 5) is 2.53. The van der Waals surface area contributed by atoms with Crippen LogP contribution in [0.5, 0.6) is 0 Å². The Balaban J connectivity index is 2.07. The third-order valence-corrected chi connectivity index (χ3v) is 4.44. The molecule has 1 unspecified atom stereocenters. The summed E-state index contributed by atoms with van der Waals surface area (Å²) in [6, 6.07) is 12.7. The highest BCUT2D eigenvalue weighted by atomic mass is 15.1. The molecule has 3 heteroatoms. The highest BCUT2D eigenvalue weighted by molar-refractivity contribution is 5.31. The first-order valence-electron chi connectivity index (χ1n) is 8.25. The Morgan fingerprint density at radius 2 is 1.81 bits per heavy atom. The Morgan fingerprint density at radius 3 is 2.38 bits per heavy atom. The van der Waals surface area contributed by atoms with Gasteiger partial charge in [-0.15, -0.1) is 0 Å². The lowest BCUT2D eigenvalue weighted by molar-refractivity contribution is 0.248. The van der Waals surface area contributed by atoms with E-state index in [0.717, 1.165) is 25.1 Å². The van der Waals surface area contributed by atoms with E-state index in [4.69, 9.17) is 0 Å². The fourth-order valence-electron chi connectivity index (χ4n) is 3.20. The molecule has 21 heavy (non-hydrogen) atoms. The number of nitrogens with zero attached hydrogens (tertiary/aromatic N) is 2. The molecule has 0 amide bonds. The summed E-state index contributed by atoms with van der Waals surface area (Å²) in [7, 11) is 0. The monoisotopic (exact) mass is 285 g/mol. The molecule has 1 saturated heterocycles. The summed E-state index contributed by atoms with van der Waals surface area (Å²) in [5, 5.41) is 13.2. The number of benzene rings is 1. The maximum Gasteiger partial charge on any atom is 0.133 e. The Labute approximate surface area is 129 Å². The molecule has 0 aromatic heterocycles. The Kier molecular flexibility index (Phi) is 6.22. The molecule has 0 saturated carbocycles. The third kappa shape index (κ3) is 4.30. The molecule has 3 nitrogen and oxygen atoms in total. The van der Waals surface area contributed by atoms with E-state index in [9.17, 15) is 5.26 Å². The van der Waals surface area contributed by atoms with Gasteiger partial charge in [0.2, 0.25) is 0 Å². The van der Waals surface area contributed by atoms with Crippen molar-refractivity contribution in [2.45, 2.75) is 44.6 Å². The summed E-state index contributed by atoms with van der Waals surface area (Å²) >= 11 is 0. The molecule has 1 aliphatic heterocycles. The number of likely N-dealkylation sites (tertiary alicyclic amines) is 1. The maximum atomic E-state index is 9.82. The van der Waals surface area contributed by atoms with Gasteiger partial charge >= 0.3 is 0 Å². The molecule has 1 N–H and O–H groups in total. The largest absolute Gasteiger partial charge is 0.303 e. The first kappa shape index (κ1) is 16.0. The Bertz CT molecular complexity index is 443. The van der Waals surface area contributed by atoms with Crippen molar-refractivity contribution in [3.63, 3.8) is 0 Å². The molecular weight excluding hydrogens is 258 g/mol. The molecule has 0 radical (unpaired) electrons. The number of rotatable bonds is 6. The van der Waals surface area contributed by atoms with Gasteiger partial charge in [0.1, 0.15) is 5.54 Å². The van der Waals surface area contributed by atoms with Crippen molar-refractivity contribution in [2.24, 2.45) is 0 Å². The van der Waals surface area contributed by atoms with Crippen LogP contribution in [0.4, 0.5) is 0 Å². The van der Waals surface area contributed by atoms with Crippen molar-refractivity contribution in [3.8, 4) is 6.07 Å². The van der Waals surface area contributed by atoms with Crippen LogP contribution < -0.4 is 5.32 Å². The molecule has 2 rings (SSSR count). The van der Waals surface area contributed by atoms with E-state index in [-0.39, 0.29) is 0 Å². The summed E-state index contributed by atoms with van der Waals surface area (Å²) in [5.41, 5.74) is 0.534. The van der Waals surface area contributed by atoms with Crippen LogP contribution in [0, 0.1) is 11.3 Å². The minimum Gasteiger partial charge on any atom is -0.303 e. The van der Waals surface area contributed by atoms with Crippen LogP contribution in [0.2, 0.25) is 0 Å². The van der Waals surface area contributed by atoms with Crippen molar-refractivity contribution in [3.05, 3.63) is 35.9 Å². The van der Waals surface area contributed by atoms with E-state index in [2.05, 4.69) is 35.3 Å². The highest BCUT2D eigenvalue weighted by Gasteiger charge is 2.31. The van der Waals surface area contributed by atoms with Gasteiger partial charge in [-0.25, -0.2) is 0 Å². The van der Waals surface area contributed by atoms with Crippen molar-refractivity contribution in [1.82, 2.24) is 10.2 Å². The van der Waals surface area contributed by atoms with E-state index in [0.29, 0.717) is 0 Å². The lowest BCUT2D eigenvalue weighted by atomic mass is 9.87. The van der Waals surface area contributed by atoms with Gasteiger partial charge in [-0.3, -0.25) is 5.32 Å². The summed E-state index contributed by atoms with van der Waals surface area (Å²) in [6.07, 6.45) is 6.15. The fourth-order valence-corrected chi connectivity index (χ4v) is 3.20. The van der Waals surface area contributed by atoms with Gasteiger partial charge in [0.25, 0.3) is 0 Å². The molecular formula is C18H27N3. The molecule has 1 heterocycles. The van der Waals surface area contributed by atoms with Crippen LogP contribution >= 0.6 is 0 Å². The molecule has 1 fully saturated rings. The second-order valence-electron chi connectivity index (χ2n) is 5.92. The maximum absolute atomic E-state index is 9.82. The molecule has 0 spiro atoms. The lowest BCUT2D eigenvalue weighted by Gasteiger charge is -2.31. The predicted molar refractivity (Wildman–Crippen MR) is 86.9 cm³/mol. The first-order valence-corrected chi connectivity index (χ1v) is 8.25. The van der Waals surface area contributed by atoms with Gasteiger partial charge in [-0.2, -0.15) is 5.26 Å². The smallest absolute Gasteiger partial charge is 0.133 e. The molecule has 1 atom stereocenters. The first-order chi connectivity index (χ1) is 10.3. The number of hydrogen-bond acceptors (Lipinski definition) is 3. The minimum absolute atomic E-state index is 0.553. The van der Waals surface area contributed by atoms with Crippen molar-refractivity contribution >= 4 is 0 Å². The van der Waals surface area contributed by atoms with Gasteiger partial charge in [-0.05, 0) is 44.5 Å². The minimum atomic E-state index is -0.553. The molecule has 0 bridgehead atoms. The van der Waals surface area contributed by atoms with E-state index in [1.165, 1.54) is 38.8 Å². The zero-order chi connectivity index (χ0) is 15.0. The zero-order valence-corrected chi connectivity index (χ0v) is 13.1. The van der Waals surface area contributed by atoms with Crippen LogP contribution in [0.1, 0.15) is 44.6 Å². The van der Waals surface area contributed by atoms with Crippen LogP contribution in [0.25, 0.3) is 0 Å². The van der Waals surface area contributed by atoms with Gasteiger partial charge in [-0.1, -0.05) is 50.1 Å². The van der Waals surface area contributed by atoms with E-state index in [1.54, 1.807) is 0 Å². The molecule has 114 valence electrons. The normalized spacial score (nSPS) is 19.4. The van der Waals surface area contributed by atoms with Crippen molar-refractivity contribution in [1.29, 1.82) is 5.26 Å². The van der Waals surface area contributed by atoms with Gasteiger partial charge in [0, 0.05) is 6.54 Å². The quantitative estimate of drug-likeness (QED) is 0.872. The number of hydrogen-bond donors (Lipinski definition) is 1. The van der Waals surface area contributed by atoms with Crippen molar-refractivity contribution < 1.29 is 0 Å². The number of nitriles is 1. The predicted octanol–water partition coefficient (Wildman–Crippen LogP) is 3.28. The molecule has 1 aromatic rings. The standard InChI is InChI=1S/C18H27N3/c1-2-20-18(16-19,17-10-6-5-7-11-17)12-15-21-13-8-3-4-9-14-21/h5-7,10-11,20H,2-4,8-9,12-15H2,1H3. The molecule has 1 aliphatic rings. The van der Waals surface area contributed by atoms with Gasteiger partial charge < -0.3 is 4.90 Å². The van der Waals surface area contributed by atoms with Crippen LogP contribution in [-0.2, 0) is 5.54 Å². The lowest BCUT2D eigenvalue weighted by Crippen LogP contribution is -2.44. The fraction of sp³-hybridized carbons (Fsp3) is 0.611. The average molecular weight is 285 g/mol.